The summed E-state index contributed by atoms with van der Waals surface area (Å²) in [6, 6.07) is 16.0. The lowest BCUT2D eigenvalue weighted by atomic mass is 10.1. The Morgan fingerprint density at radius 3 is 2.58 bits per heavy atom. The molecule has 0 radical (unpaired) electrons. The maximum Gasteiger partial charge on any atom is 0.130 e. The molecule has 3 N–H and O–H groups in total. The highest BCUT2D eigenvalue weighted by atomic mass is 16.5. The number of nitrogens with two attached hydrogens (primary N) is 1. The summed E-state index contributed by atoms with van der Waals surface area (Å²) >= 11 is 0. The van der Waals surface area contributed by atoms with Gasteiger partial charge in [0.2, 0.25) is 0 Å². The minimum absolute atomic E-state index is 0.0790. The number of nitrogens with one attached hydrogen (secondary N) is 1. The zero-order chi connectivity index (χ0) is 18.7. The largest absolute Gasteiger partial charge is 0.497 e. The SMILES string of the molecule is COc1cccc([C@H](C)Nc2cc(-c3ccc(C)c(N)c3)nc(C)n2)c1. The van der Waals surface area contributed by atoms with Crippen LogP contribution in [0.25, 0.3) is 11.3 Å². The van der Waals surface area contributed by atoms with Gasteiger partial charge in [0, 0.05) is 17.3 Å². The van der Waals surface area contributed by atoms with Crippen LogP contribution in [0.4, 0.5) is 11.5 Å². The van der Waals surface area contributed by atoms with Crippen molar-refractivity contribution >= 4 is 11.5 Å². The third-order valence-electron chi connectivity index (χ3n) is 4.37. The molecule has 0 aliphatic heterocycles. The number of nitrogens with zero attached hydrogens (tertiary/aromatic N) is 2. The van der Waals surface area contributed by atoms with Crippen LogP contribution in [0.15, 0.2) is 48.5 Å². The van der Waals surface area contributed by atoms with E-state index in [1.807, 2.05) is 56.3 Å². The van der Waals surface area contributed by atoms with Gasteiger partial charge < -0.3 is 15.8 Å². The predicted molar refractivity (Wildman–Crippen MR) is 106 cm³/mol. The molecular weight excluding hydrogens is 324 g/mol. The highest BCUT2D eigenvalue weighted by Crippen LogP contribution is 2.26. The lowest BCUT2D eigenvalue weighted by Crippen LogP contribution is -2.09. The van der Waals surface area contributed by atoms with Gasteiger partial charge in [0.25, 0.3) is 0 Å². The maximum absolute atomic E-state index is 6.05. The predicted octanol–water partition coefficient (Wildman–Crippen LogP) is 4.52. The fraction of sp³-hybridized carbons (Fsp3) is 0.238. The van der Waals surface area contributed by atoms with Crippen molar-refractivity contribution in [3.8, 4) is 17.0 Å². The van der Waals surface area contributed by atoms with Crippen LogP contribution in [-0.4, -0.2) is 17.1 Å². The molecule has 0 unspecified atom stereocenters. The van der Waals surface area contributed by atoms with E-state index in [9.17, 15) is 0 Å². The molecule has 3 aromatic rings. The van der Waals surface area contributed by atoms with Gasteiger partial charge in [0.05, 0.1) is 18.8 Å². The van der Waals surface area contributed by atoms with Gasteiger partial charge in [-0.2, -0.15) is 0 Å². The zero-order valence-corrected chi connectivity index (χ0v) is 15.6. The molecular formula is C21H24N4O. The number of hydrogen-bond donors (Lipinski definition) is 2. The minimum atomic E-state index is 0.0790. The molecule has 1 heterocycles. The average molecular weight is 348 g/mol. The number of aromatic nitrogens is 2. The van der Waals surface area contributed by atoms with Crippen molar-refractivity contribution in [3.05, 3.63) is 65.5 Å². The monoisotopic (exact) mass is 348 g/mol. The van der Waals surface area contributed by atoms with Gasteiger partial charge in [0.15, 0.2) is 0 Å². The van der Waals surface area contributed by atoms with Crippen LogP contribution in [0, 0.1) is 13.8 Å². The molecule has 0 spiro atoms. The molecule has 3 rings (SSSR count). The Kier molecular flexibility index (Phi) is 5.07. The lowest BCUT2D eigenvalue weighted by molar-refractivity contribution is 0.414. The fourth-order valence-electron chi connectivity index (χ4n) is 2.81. The van der Waals surface area contributed by atoms with Crippen molar-refractivity contribution in [1.82, 2.24) is 9.97 Å². The number of nitrogen functional groups attached to an aromatic ring is 1. The number of benzene rings is 2. The highest BCUT2D eigenvalue weighted by Gasteiger charge is 2.10. The highest BCUT2D eigenvalue weighted by molar-refractivity contribution is 5.68. The van der Waals surface area contributed by atoms with E-state index in [0.29, 0.717) is 5.82 Å². The van der Waals surface area contributed by atoms with Crippen LogP contribution >= 0.6 is 0 Å². The van der Waals surface area contributed by atoms with E-state index in [1.54, 1.807) is 7.11 Å². The van der Waals surface area contributed by atoms with Gasteiger partial charge in [0.1, 0.15) is 17.4 Å². The van der Waals surface area contributed by atoms with Crippen LogP contribution in [-0.2, 0) is 0 Å². The zero-order valence-electron chi connectivity index (χ0n) is 15.6. The Morgan fingerprint density at radius 1 is 1.04 bits per heavy atom. The summed E-state index contributed by atoms with van der Waals surface area (Å²) in [5.74, 6) is 2.33. The number of rotatable bonds is 5. The van der Waals surface area contributed by atoms with Gasteiger partial charge in [-0.25, -0.2) is 9.97 Å². The topological polar surface area (TPSA) is 73.1 Å². The van der Waals surface area contributed by atoms with E-state index < -0.39 is 0 Å². The van der Waals surface area contributed by atoms with E-state index in [2.05, 4.69) is 28.3 Å². The number of hydrogen-bond acceptors (Lipinski definition) is 5. The van der Waals surface area contributed by atoms with Gasteiger partial charge in [-0.1, -0.05) is 24.3 Å². The third-order valence-corrected chi connectivity index (χ3v) is 4.37. The Hall–Kier alpha value is -3.08. The summed E-state index contributed by atoms with van der Waals surface area (Å²) in [6.45, 7) is 5.98. The van der Waals surface area contributed by atoms with Crippen LogP contribution in [0.1, 0.15) is 29.9 Å². The van der Waals surface area contributed by atoms with Crippen molar-refractivity contribution < 1.29 is 4.74 Å². The summed E-state index contributed by atoms with van der Waals surface area (Å²) in [7, 11) is 1.67. The normalized spacial score (nSPS) is 11.8. The van der Waals surface area contributed by atoms with E-state index in [4.69, 9.17) is 10.5 Å². The van der Waals surface area contributed by atoms with Gasteiger partial charge in [-0.05, 0) is 50.1 Å². The molecule has 26 heavy (non-hydrogen) atoms. The second-order valence-electron chi connectivity index (χ2n) is 6.40. The van der Waals surface area contributed by atoms with Crippen LogP contribution in [0.3, 0.4) is 0 Å². The Morgan fingerprint density at radius 2 is 1.85 bits per heavy atom. The third kappa shape index (κ3) is 3.94. The smallest absolute Gasteiger partial charge is 0.130 e. The molecule has 134 valence electrons. The number of ether oxygens (including phenoxy) is 1. The summed E-state index contributed by atoms with van der Waals surface area (Å²) in [5, 5.41) is 3.45. The first-order valence-electron chi connectivity index (χ1n) is 8.59. The summed E-state index contributed by atoms with van der Waals surface area (Å²) < 4.78 is 5.31. The van der Waals surface area contributed by atoms with Crippen LogP contribution in [0.5, 0.6) is 5.75 Å². The molecule has 1 aromatic heterocycles. The molecule has 0 fully saturated rings. The van der Waals surface area contributed by atoms with E-state index >= 15 is 0 Å². The molecule has 5 heteroatoms. The molecule has 0 aliphatic carbocycles. The number of methoxy groups -OCH3 is 1. The van der Waals surface area contributed by atoms with E-state index in [-0.39, 0.29) is 6.04 Å². The molecule has 5 nitrogen and oxygen atoms in total. The molecule has 0 amide bonds. The number of aryl methyl sites for hydroxylation is 2. The molecule has 0 aliphatic rings. The summed E-state index contributed by atoms with van der Waals surface area (Å²) in [4.78, 5) is 9.08. The standard InChI is InChI=1S/C21H24N4O/c1-13-8-9-17(11-19(13)22)20-12-21(25-15(3)24-20)23-14(2)16-6-5-7-18(10-16)26-4/h5-12,14H,22H2,1-4H3,(H,23,24,25)/t14-/m0/s1. The lowest BCUT2D eigenvalue weighted by Gasteiger charge is -2.17. The Bertz CT molecular complexity index is 924. The second-order valence-corrected chi connectivity index (χ2v) is 6.40. The molecule has 0 saturated heterocycles. The van der Waals surface area contributed by atoms with E-state index in [1.165, 1.54) is 0 Å². The van der Waals surface area contributed by atoms with Crippen LogP contribution in [0.2, 0.25) is 0 Å². The molecule has 1 atom stereocenters. The first-order valence-corrected chi connectivity index (χ1v) is 8.59. The molecule has 0 bridgehead atoms. The minimum Gasteiger partial charge on any atom is -0.497 e. The first kappa shape index (κ1) is 17.7. The quantitative estimate of drug-likeness (QED) is 0.663. The average Bonchev–Trinajstić information content (AvgIpc) is 2.63. The number of anilines is 2. The van der Waals surface area contributed by atoms with Crippen molar-refractivity contribution in [2.24, 2.45) is 0 Å². The van der Waals surface area contributed by atoms with Crippen molar-refractivity contribution in [1.29, 1.82) is 0 Å². The maximum atomic E-state index is 6.05. The first-order chi connectivity index (χ1) is 12.5. The Balaban J connectivity index is 1.88. The van der Waals surface area contributed by atoms with Gasteiger partial charge in [-0.3, -0.25) is 0 Å². The second kappa shape index (κ2) is 7.44. The molecule has 2 aromatic carbocycles. The van der Waals surface area contributed by atoms with Gasteiger partial charge >= 0.3 is 0 Å². The fourth-order valence-corrected chi connectivity index (χ4v) is 2.81. The van der Waals surface area contributed by atoms with Crippen molar-refractivity contribution in [2.45, 2.75) is 26.8 Å². The van der Waals surface area contributed by atoms with Gasteiger partial charge in [-0.15, -0.1) is 0 Å². The van der Waals surface area contributed by atoms with Crippen LogP contribution < -0.4 is 15.8 Å². The van der Waals surface area contributed by atoms with Crippen molar-refractivity contribution in [3.63, 3.8) is 0 Å². The van der Waals surface area contributed by atoms with E-state index in [0.717, 1.165) is 39.6 Å². The summed E-state index contributed by atoms with van der Waals surface area (Å²) in [5.41, 5.74) is 10.8. The Labute approximate surface area is 154 Å². The summed E-state index contributed by atoms with van der Waals surface area (Å²) in [6.07, 6.45) is 0. The molecule has 0 saturated carbocycles. The van der Waals surface area contributed by atoms with Crippen molar-refractivity contribution in [2.75, 3.05) is 18.2 Å².